The van der Waals surface area contributed by atoms with Gasteiger partial charge in [-0.05, 0) is 61.7 Å². The number of anilines is 2. The quantitative estimate of drug-likeness (QED) is 0.414. The summed E-state index contributed by atoms with van der Waals surface area (Å²) >= 11 is 0. The molecule has 0 atom stereocenters. The number of benzene rings is 2. The average molecular weight is 489 g/mol. The largest absolute Gasteiger partial charge is 0.494 e. The van der Waals surface area contributed by atoms with Crippen LogP contribution in [0.4, 0.5) is 11.5 Å². The number of aromatic nitrogens is 1. The Balaban J connectivity index is 1.23. The summed E-state index contributed by atoms with van der Waals surface area (Å²) in [6.45, 7) is 4.92. The highest BCUT2D eigenvalue weighted by molar-refractivity contribution is 5.96. The number of carbonyl (C=O) groups excluding carboxylic acids is 2. The SMILES string of the molecule is CCOc1ccc(Nc2ncccc2C(=O)OCC(=O)NC2CCN(Cc3ccccc3)CC2)cc1. The van der Waals surface area contributed by atoms with E-state index in [-0.39, 0.29) is 24.1 Å². The van der Waals surface area contributed by atoms with Crippen molar-refractivity contribution in [1.82, 2.24) is 15.2 Å². The Morgan fingerprint density at radius 2 is 1.75 bits per heavy atom. The van der Waals surface area contributed by atoms with Gasteiger partial charge in [0.1, 0.15) is 17.1 Å². The topological polar surface area (TPSA) is 92.8 Å². The predicted molar refractivity (Wildman–Crippen MR) is 138 cm³/mol. The molecule has 3 aromatic rings. The Morgan fingerprint density at radius 3 is 2.47 bits per heavy atom. The summed E-state index contributed by atoms with van der Waals surface area (Å²) in [5, 5.41) is 6.12. The predicted octanol–water partition coefficient (Wildman–Crippen LogP) is 4.16. The van der Waals surface area contributed by atoms with Gasteiger partial charge in [-0.1, -0.05) is 30.3 Å². The lowest BCUT2D eigenvalue weighted by atomic mass is 10.0. The second-order valence-electron chi connectivity index (χ2n) is 8.66. The van der Waals surface area contributed by atoms with Crippen molar-refractivity contribution in [1.29, 1.82) is 0 Å². The molecule has 1 saturated heterocycles. The zero-order chi connectivity index (χ0) is 25.2. The molecule has 8 nitrogen and oxygen atoms in total. The van der Waals surface area contributed by atoms with Crippen molar-refractivity contribution in [2.24, 2.45) is 0 Å². The van der Waals surface area contributed by atoms with Crippen LogP contribution in [0.5, 0.6) is 5.75 Å². The van der Waals surface area contributed by atoms with E-state index in [1.165, 1.54) is 5.56 Å². The molecular weight excluding hydrogens is 456 g/mol. The van der Waals surface area contributed by atoms with Crippen LogP contribution in [0.2, 0.25) is 0 Å². The molecule has 1 aliphatic rings. The van der Waals surface area contributed by atoms with Crippen LogP contribution < -0.4 is 15.4 Å². The van der Waals surface area contributed by atoms with Gasteiger partial charge in [-0.3, -0.25) is 9.69 Å². The van der Waals surface area contributed by atoms with Gasteiger partial charge >= 0.3 is 5.97 Å². The molecule has 36 heavy (non-hydrogen) atoms. The molecular formula is C28H32N4O4. The number of hydrogen-bond acceptors (Lipinski definition) is 7. The van der Waals surface area contributed by atoms with E-state index in [0.29, 0.717) is 12.4 Å². The highest BCUT2D eigenvalue weighted by Gasteiger charge is 2.22. The lowest BCUT2D eigenvalue weighted by Gasteiger charge is -2.32. The summed E-state index contributed by atoms with van der Waals surface area (Å²) in [6, 6.07) is 21.1. The van der Waals surface area contributed by atoms with Crippen LogP contribution in [-0.2, 0) is 16.1 Å². The molecule has 2 N–H and O–H groups in total. The summed E-state index contributed by atoms with van der Waals surface area (Å²) in [5.74, 6) is 0.216. The molecule has 2 aromatic carbocycles. The summed E-state index contributed by atoms with van der Waals surface area (Å²) in [6.07, 6.45) is 3.32. The van der Waals surface area contributed by atoms with Crippen LogP contribution in [0.15, 0.2) is 72.9 Å². The fourth-order valence-corrected chi connectivity index (χ4v) is 4.16. The molecule has 1 aromatic heterocycles. The number of nitrogens with zero attached hydrogens (tertiary/aromatic N) is 2. The summed E-state index contributed by atoms with van der Waals surface area (Å²) in [5.41, 5.74) is 2.30. The summed E-state index contributed by atoms with van der Waals surface area (Å²) < 4.78 is 10.8. The van der Waals surface area contributed by atoms with Crippen LogP contribution in [0.25, 0.3) is 0 Å². The fraction of sp³-hybridized carbons (Fsp3) is 0.321. The van der Waals surface area contributed by atoms with E-state index in [4.69, 9.17) is 9.47 Å². The van der Waals surface area contributed by atoms with Gasteiger partial charge in [-0.25, -0.2) is 9.78 Å². The van der Waals surface area contributed by atoms with E-state index >= 15 is 0 Å². The first-order valence-corrected chi connectivity index (χ1v) is 12.3. The van der Waals surface area contributed by atoms with Crippen LogP contribution in [0.3, 0.4) is 0 Å². The van der Waals surface area contributed by atoms with Crippen molar-refractivity contribution in [3.05, 3.63) is 84.1 Å². The van der Waals surface area contributed by atoms with E-state index in [1.54, 1.807) is 18.3 Å². The number of rotatable bonds is 10. The zero-order valence-corrected chi connectivity index (χ0v) is 20.5. The third-order valence-electron chi connectivity index (χ3n) is 5.99. The number of likely N-dealkylation sites (tertiary alicyclic amines) is 1. The van der Waals surface area contributed by atoms with E-state index in [9.17, 15) is 9.59 Å². The van der Waals surface area contributed by atoms with Crippen molar-refractivity contribution < 1.29 is 19.1 Å². The number of hydrogen-bond donors (Lipinski definition) is 2. The molecule has 0 radical (unpaired) electrons. The van der Waals surface area contributed by atoms with E-state index in [2.05, 4.69) is 32.7 Å². The van der Waals surface area contributed by atoms with Crippen LogP contribution in [-0.4, -0.2) is 54.1 Å². The smallest absolute Gasteiger partial charge is 0.342 e. The molecule has 0 unspecified atom stereocenters. The Hall–Kier alpha value is -3.91. The minimum atomic E-state index is -0.607. The maximum Gasteiger partial charge on any atom is 0.342 e. The van der Waals surface area contributed by atoms with Gasteiger partial charge in [0.15, 0.2) is 6.61 Å². The minimum absolute atomic E-state index is 0.0819. The number of piperidine rings is 1. The van der Waals surface area contributed by atoms with Gasteiger partial charge in [-0.15, -0.1) is 0 Å². The number of ether oxygens (including phenoxy) is 2. The molecule has 0 aliphatic carbocycles. The maximum absolute atomic E-state index is 12.7. The van der Waals surface area contributed by atoms with Gasteiger partial charge in [0.25, 0.3) is 5.91 Å². The number of pyridine rings is 1. The minimum Gasteiger partial charge on any atom is -0.494 e. The molecule has 1 aliphatic heterocycles. The Morgan fingerprint density at radius 1 is 1.00 bits per heavy atom. The lowest BCUT2D eigenvalue weighted by Crippen LogP contribution is -2.45. The van der Waals surface area contributed by atoms with Gasteiger partial charge in [0, 0.05) is 37.6 Å². The lowest BCUT2D eigenvalue weighted by molar-refractivity contribution is -0.125. The highest BCUT2D eigenvalue weighted by Crippen LogP contribution is 2.22. The molecule has 0 bridgehead atoms. The van der Waals surface area contributed by atoms with E-state index in [1.807, 2.05) is 49.4 Å². The van der Waals surface area contributed by atoms with Crippen molar-refractivity contribution in [3.8, 4) is 5.75 Å². The van der Waals surface area contributed by atoms with Gasteiger partial charge in [0.2, 0.25) is 0 Å². The van der Waals surface area contributed by atoms with Gasteiger partial charge in [-0.2, -0.15) is 0 Å². The van der Waals surface area contributed by atoms with Crippen LogP contribution in [0.1, 0.15) is 35.7 Å². The molecule has 4 rings (SSSR count). The molecule has 8 heteroatoms. The zero-order valence-electron chi connectivity index (χ0n) is 20.5. The van der Waals surface area contributed by atoms with Crippen LogP contribution in [0, 0.1) is 0 Å². The fourth-order valence-electron chi connectivity index (χ4n) is 4.16. The van der Waals surface area contributed by atoms with Gasteiger partial charge < -0.3 is 20.1 Å². The van der Waals surface area contributed by atoms with Crippen molar-refractivity contribution in [2.75, 3.05) is 31.6 Å². The normalized spacial score (nSPS) is 14.1. The monoisotopic (exact) mass is 488 g/mol. The first kappa shape index (κ1) is 25.2. The number of esters is 1. The van der Waals surface area contributed by atoms with Crippen LogP contribution >= 0.6 is 0 Å². The Kier molecular flexibility index (Phi) is 8.88. The van der Waals surface area contributed by atoms with E-state index in [0.717, 1.165) is 43.9 Å². The first-order chi connectivity index (χ1) is 17.6. The molecule has 188 valence electrons. The van der Waals surface area contributed by atoms with Crippen molar-refractivity contribution >= 4 is 23.4 Å². The molecule has 1 amide bonds. The highest BCUT2D eigenvalue weighted by atomic mass is 16.5. The first-order valence-electron chi connectivity index (χ1n) is 12.3. The van der Waals surface area contributed by atoms with Crippen molar-refractivity contribution in [2.45, 2.75) is 32.4 Å². The molecule has 2 heterocycles. The molecule has 0 spiro atoms. The van der Waals surface area contributed by atoms with Crippen molar-refractivity contribution in [3.63, 3.8) is 0 Å². The third kappa shape index (κ3) is 7.29. The number of carbonyl (C=O) groups is 2. The number of nitrogens with one attached hydrogen (secondary N) is 2. The van der Waals surface area contributed by atoms with E-state index < -0.39 is 5.97 Å². The summed E-state index contributed by atoms with van der Waals surface area (Å²) in [4.78, 5) is 31.8. The molecule has 0 saturated carbocycles. The Bertz CT molecular complexity index is 1130. The second-order valence-corrected chi connectivity index (χ2v) is 8.66. The average Bonchev–Trinajstić information content (AvgIpc) is 2.91. The Labute approximate surface area is 211 Å². The second kappa shape index (κ2) is 12.7. The standard InChI is InChI=1S/C28H32N4O4/c1-2-35-24-12-10-22(11-13-24)31-27-25(9-6-16-29-27)28(34)36-20-26(33)30-23-14-17-32(18-15-23)19-21-7-4-3-5-8-21/h3-13,16,23H,2,14-15,17-20H2,1H3,(H,29,31)(H,30,33). The number of amides is 1. The summed E-state index contributed by atoms with van der Waals surface area (Å²) in [7, 11) is 0. The van der Waals surface area contributed by atoms with Gasteiger partial charge in [0.05, 0.1) is 6.61 Å². The molecule has 1 fully saturated rings. The maximum atomic E-state index is 12.7. The third-order valence-corrected chi connectivity index (χ3v) is 5.99.